The van der Waals surface area contributed by atoms with Gasteiger partial charge in [-0.15, -0.1) is 0 Å². The van der Waals surface area contributed by atoms with E-state index in [1.54, 1.807) is 6.07 Å². The third-order valence-corrected chi connectivity index (χ3v) is 4.08. The van der Waals surface area contributed by atoms with Gasteiger partial charge in [-0.3, -0.25) is 0 Å². The van der Waals surface area contributed by atoms with Gasteiger partial charge in [0.05, 0.1) is 6.04 Å². The van der Waals surface area contributed by atoms with Crippen molar-refractivity contribution in [2.45, 2.75) is 31.2 Å². The fourth-order valence-corrected chi connectivity index (χ4v) is 2.76. The first-order chi connectivity index (χ1) is 9.25. The van der Waals surface area contributed by atoms with E-state index < -0.39 is 0 Å². The summed E-state index contributed by atoms with van der Waals surface area (Å²) in [6.07, 6.45) is 3.79. The molecule has 2 N–H and O–H groups in total. The third kappa shape index (κ3) is 2.41. The van der Waals surface area contributed by atoms with Crippen molar-refractivity contribution in [3.8, 4) is 0 Å². The molecule has 2 heteroatoms. The predicted molar refractivity (Wildman–Crippen MR) is 75.5 cm³/mol. The van der Waals surface area contributed by atoms with Crippen molar-refractivity contribution in [3.63, 3.8) is 0 Å². The van der Waals surface area contributed by atoms with E-state index >= 15 is 0 Å². The van der Waals surface area contributed by atoms with Crippen LogP contribution in [0.25, 0.3) is 0 Å². The minimum Gasteiger partial charge on any atom is -0.320 e. The Morgan fingerprint density at radius 3 is 2.53 bits per heavy atom. The van der Waals surface area contributed by atoms with Gasteiger partial charge in [0.1, 0.15) is 5.82 Å². The smallest absolute Gasteiger partial charge is 0.123 e. The lowest BCUT2D eigenvalue weighted by Crippen LogP contribution is -2.18. The molecule has 1 unspecified atom stereocenters. The van der Waals surface area contributed by atoms with Crippen molar-refractivity contribution in [1.29, 1.82) is 0 Å². The molecule has 1 aliphatic rings. The summed E-state index contributed by atoms with van der Waals surface area (Å²) in [6, 6.07) is 14.7. The molecule has 0 spiro atoms. The molecule has 1 nitrogen and oxygen atoms in total. The lowest BCUT2D eigenvalue weighted by atomic mass is 9.76. The van der Waals surface area contributed by atoms with Crippen molar-refractivity contribution >= 4 is 0 Å². The number of benzene rings is 2. The van der Waals surface area contributed by atoms with Crippen LogP contribution in [0.2, 0.25) is 0 Å². The van der Waals surface area contributed by atoms with Crippen LogP contribution in [0.5, 0.6) is 0 Å². The van der Waals surface area contributed by atoms with Crippen LogP contribution in [-0.4, -0.2) is 0 Å². The molecule has 0 amide bonds. The zero-order chi connectivity index (χ0) is 13.2. The van der Waals surface area contributed by atoms with Crippen LogP contribution in [0.3, 0.4) is 0 Å². The molecule has 3 rings (SSSR count). The van der Waals surface area contributed by atoms with Gasteiger partial charge < -0.3 is 5.73 Å². The summed E-state index contributed by atoms with van der Waals surface area (Å²) in [5.74, 6) is 0.407. The maximum Gasteiger partial charge on any atom is 0.123 e. The summed E-state index contributed by atoms with van der Waals surface area (Å²) in [4.78, 5) is 0. The lowest BCUT2D eigenvalue weighted by molar-refractivity contribution is 0.416. The first-order valence-corrected chi connectivity index (χ1v) is 6.85. The molecule has 98 valence electrons. The van der Waals surface area contributed by atoms with Gasteiger partial charge in [-0.2, -0.15) is 0 Å². The second-order valence-corrected chi connectivity index (χ2v) is 5.29. The highest BCUT2D eigenvalue weighted by Gasteiger charge is 2.24. The fourth-order valence-electron chi connectivity index (χ4n) is 2.76. The van der Waals surface area contributed by atoms with Crippen LogP contribution in [0, 0.1) is 5.82 Å². The Balaban J connectivity index is 1.97. The third-order valence-electron chi connectivity index (χ3n) is 4.08. The molecule has 0 bridgehead atoms. The first-order valence-electron chi connectivity index (χ1n) is 6.85. The van der Waals surface area contributed by atoms with Crippen LogP contribution in [-0.2, 0) is 0 Å². The second-order valence-electron chi connectivity index (χ2n) is 5.29. The maximum atomic E-state index is 13.3. The van der Waals surface area contributed by atoms with Gasteiger partial charge >= 0.3 is 0 Å². The Bertz CT molecular complexity index is 575. The molecule has 0 radical (unpaired) electrons. The molecular weight excluding hydrogens is 237 g/mol. The van der Waals surface area contributed by atoms with Gasteiger partial charge in [-0.25, -0.2) is 4.39 Å². The van der Waals surface area contributed by atoms with Crippen molar-refractivity contribution < 1.29 is 4.39 Å². The molecule has 2 aromatic rings. The molecular formula is C17H18FN. The van der Waals surface area contributed by atoms with E-state index in [-0.39, 0.29) is 11.9 Å². The van der Waals surface area contributed by atoms with Crippen molar-refractivity contribution in [3.05, 3.63) is 71.0 Å². The summed E-state index contributed by atoms with van der Waals surface area (Å²) in [6.45, 7) is 0. The average molecular weight is 255 g/mol. The van der Waals surface area contributed by atoms with Crippen molar-refractivity contribution in [1.82, 2.24) is 0 Å². The fraction of sp³-hybridized carbons (Fsp3) is 0.294. The quantitative estimate of drug-likeness (QED) is 0.876. The van der Waals surface area contributed by atoms with Crippen LogP contribution in [0.1, 0.15) is 47.9 Å². The number of nitrogens with two attached hydrogens (primary N) is 1. The van der Waals surface area contributed by atoms with E-state index in [0.29, 0.717) is 5.92 Å². The van der Waals surface area contributed by atoms with Crippen molar-refractivity contribution in [2.75, 3.05) is 0 Å². The first kappa shape index (κ1) is 12.4. The van der Waals surface area contributed by atoms with Crippen LogP contribution in [0.15, 0.2) is 48.5 Å². The molecule has 1 fully saturated rings. The van der Waals surface area contributed by atoms with Gasteiger partial charge in [0, 0.05) is 0 Å². The van der Waals surface area contributed by atoms with Crippen molar-refractivity contribution in [2.24, 2.45) is 5.73 Å². The summed E-state index contributed by atoms with van der Waals surface area (Å²) >= 11 is 0. The highest BCUT2D eigenvalue weighted by molar-refractivity contribution is 5.39. The minimum atomic E-state index is -0.243. The summed E-state index contributed by atoms with van der Waals surface area (Å²) in [5, 5.41) is 0. The van der Waals surface area contributed by atoms with Gasteiger partial charge in [-0.05, 0) is 47.6 Å². The Hall–Kier alpha value is -1.67. The Morgan fingerprint density at radius 1 is 1.05 bits per heavy atom. The zero-order valence-corrected chi connectivity index (χ0v) is 10.9. The normalized spacial score (nSPS) is 16.9. The minimum absolute atomic E-state index is 0.228. The molecule has 0 saturated heterocycles. The second kappa shape index (κ2) is 5.14. The predicted octanol–water partition coefficient (Wildman–Crippen LogP) is 4.14. The van der Waals surface area contributed by atoms with E-state index in [1.807, 2.05) is 12.1 Å². The molecule has 1 saturated carbocycles. The molecule has 19 heavy (non-hydrogen) atoms. The topological polar surface area (TPSA) is 26.0 Å². The number of halogens is 1. The molecule has 2 aromatic carbocycles. The lowest BCUT2D eigenvalue weighted by Gasteiger charge is -2.29. The average Bonchev–Trinajstić information content (AvgIpc) is 2.37. The highest BCUT2D eigenvalue weighted by Crippen LogP contribution is 2.40. The maximum absolute atomic E-state index is 13.3. The SMILES string of the molecule is NC(c1cccc(F)c1)c1ccccc1C1CCC1. The van der Waals surface area contributed by atoms with Gasteiger partial charge in [0.2, 0.25) is 0 Å². The highest BCUT2D eigenvalue weighted by atomic mass is 19.1. The van der Waals surface area contributed by atoms with Gasteiger partial charge in [0.15, 0.2) is 0 Å². The van der Waals surface area contributed by atoms with E-state index in [4.69, 9.17) is 5.73 Å². The van der Waals surface area contributed by atoms with Crippen LogP contribution < -0.4 is 5.73 Å². The standard InChI is InChI=1S/C17H18FN/c18-14-8-4-7-13(11-14)17(19)16-10-2-1-9-15(16)12-5-3-6-12/h1-2,4,7-12,17H,3,5-6,19H2. The van der Waals surface area contributed by atoms with Gasteiger partial charge in [-0.1, -0.05) is 42.8 Å². The summed E-state index contributed by atoms with van der Waals surface area (Å²) < 4.78 is 13.3. The summed E-state index contributed by atoms with van der Waals surface area (Å²) in [7, 11) is 0. The van der Waals surface area contributed by atoms with E-state index in [9.17, 15) is 4.39 Å². The summed E-state index contributed by atoms with van der Waals surface area (Å²) in [5.41, 5.74) is 9.65. The van der Waals surface area contributed by atoms with E-state index in [2.05, 4.69) is 18.2 Å². The largest absolute Gasteiger partial charge is 0.320 e. The van der Waals surface area contributed by atoms with Crippen LogP contribution in [0.4, 0.5) is 4.39 Å². The molecule has 1 aliphatic carbocycles. The number of rotatable bonds is 3. The van der Waals surface area contributed by atoms with E-state index in [0.717, 1.165) is 11.1 Å². The molecule has 0 aromatic heterocycles. The zero-order valence-electron chi connectivity index (χ0n) is 10.9. The number of hydrogen-bond donors (Lipinski definition) is 1. The molecule has 0 aliphatic heterocycles. The Morgan fingerprint density at radius 2 is 1.84 bits per heavy atom. The number of hydrogen-bond acceptors (Lipinski definition) is 1. The Kier molecular flexibility index (Phi) is 3.34. The monoisotopic (exact) mass is 255 g/mol. The molecule has 1 atom stereocenters. The Labute approximate surface area is 113 Å². The van der Waals surface area contributed by atoms with E-state index in [1.165, 1.54) is 37.0 Å². The molecule has 0 heterocycles. The van der Waals surface area contributed by atoms with Crippen LogP contribution >= 0.6 is 0 Å². The van der Waals surface area contributed by atoms with Gasteiger partial charge in [0.25, 0.3) is 0 Å².